The van der Waals surface area contributed by atoms with Gasteiger partial charge in [0.1, 0.15) is 0 Å². The van der Waals surface area contributed by atoms with Gasteiger partial charge in [0.05, 0.1) is 7.11 Å². The summed E-state index contributed by atoms with van der Waals surface area (Å²) < 4.78 is 16.7. The zero-order chi connectivity index (χ0) is 9.19. The third-order valence-corrected chi connectivity index (χ3v) is 4.63. The van der Waals surface area contributed by atoms with Gasteiger partial charge in [0.25, 0.3) is 0 Å². The highest BCUT2D eigenvalue weighted by atomic mass is 32.3. The second kappa shape index (κ2) is 3.85. The Kier molecular flexibility index (Phi) is 3.26. The molecule has 0 N–H and O–H groups in total. The van der Waals surface area contributed by atoms with Crippen molar-refractivity contribution < 1.29 is 8.39 Å². The second-order valence-electron chi connectivity index (χ2n) is 3.45. The van der Waals surface area contributed by atoms with Crippen LogP contribution >= 0.6 is 0 Å². The molecule has 0 amide bonds. The van der Waals surface area contributed by atoms with E-state index in [-0.39, 0.29) is 0 Å². The van der Waals surface area contributed by atoms with E-state index in [2.05, 4.69) is 18.7 Å². The van der Waals surface area contributed by atoms with Gasteiger partial charge < -0.3 is 0 Å². The maximum atomic E-state index is 11.7. The van der Waals surface area contributed by atoms with Crippen molar-refractivity contribution in [3.63, 3.8) is 0 Å². The van der Waals surface area contributed by atoms with Crippen molar-refractivity contribution in [2.45, 2.75) is 19.9 Å². The Morgan fingerprint density at radius 3 is 2.17 bits per heavy atom. The number of hydrogen-bond donors (Lipinski definition) is 0. The molecule has 0 aromatic heterocycles. The largest absolute Gasteiger partial charge is 0.291 e. The SMILES string of the molecule is CO[S+]1(=O)CCN(C(C)C)CC1. The van der Waals surface area contributed by atoms with E-state index >= 15 is 0 Å². The predicted molar refractivity (Wildman–Crippen MR) is 51.5 cm³/mol. The molecular weight excluding hydrogens is 174 g/mol. The highest BCUT2D eigenvalue weighted by Gasteiger charge is 2.35. The summed E-state index contributed by atoms with van der Waals surface area (Å²) in [6.07, 6.45) is 0. The minimum absolute atomic E-state index is 0.561. The molecule has 0 aromatic rings. The van der Waals surface area contributed by atoms with Gasteiger partial charge in [-0.3, -0.25) is 4.90 Å². The molecule has 0 spiro atoms. The van der Waals surface area contributed by atoms with E-state index in [1.807, 2.05) is 0 Å². The fourth-order valence-corrected chi connectivity index (χ4v) is 2.97. The summed E-state index contributed by atoms with van der Waals surface area (Å²) in [5, 5.41) is 0. The molecule has 1 aliphatic heterocycles. The van der Waals surface area contributed by atoms with E-state index in [1.165, 1.54) is 0 Å². The summed E-state index contributed by atoms with van der Waals surface area (Å²) in [6.45, 7) is 6.15. The molecule has 3 nitrogen and oxygen atoms in total. The van der Waals surface area contributed by atoms with E-state index in [0.29, 0.717) is 17.5 Å². The van der Waals surface area contributed by atoms with Gasteiger partial charge in [-0.25, -0.2) is 0 Å². The van der Waals surface area contributed by atoms with Crippen molar-refractivity contribution >= 4 is 10.2 Å². The molecule has 0 unspecified atom stereocenters. The number of rotatable bonds is 2. The highest BCUT2D eigenvalue weighted by molar-refractivity contribution is 7.98. The summed E-state index contributed by atoms with van der Waals surface area (Å²) in [6, 6.07) is 0.561. The Balaban J connectivity index is 2.45. The fourth-order valence-electron chi connectivity index (χ4n) is 1.41. The molecule has 0 radical (unpaired) electrons. The van der Waals surface area contributed by atoms with Gasteiger partial charge in [0.2, 0.25) is 10.2 Å². The first-order valence-corrected chi connectivity index (χ1v) is 6.19. The minimum Gasteiger partial charge on any atom is -0.291 e. The maximum Gasteiger partial charge on any atom is 0.219 e. The Morgan fingerprint density at radius 2 is 1.83 bits per heavy atom. The van der Waals surface area contributed by atoms with Gasteiger partial charge in [-0.05, 0) is 13.8 Å². The van der Waals surface area contributed by atoms with Gasteiger partial charge in [-0.2, -0.15) is 4.18 Å². The quantitative estimate of drug-likeness (QED) is 0.605. The van der Waals surface area contributed by atoms with Crippen LogP contribution in [0.4, 0.5) is 0 Å². The predicted octanol–water partition coefficient (Wildman–Crippen LogP) is 0.771. The lowest BCUT2D eigenvalue weighted by Gasteiger charge is -2.29. The van der Waals surface area contributed by atoms with Gasteiger partial charge >= 0.3 is 0 Å². The summed E-state index contributed by atoms with van der Waals surface area (Å²) in [5.41, 5.74) is 0. The highest BCUT2D eigenvalue weighted by Crippen LogP contribution is 2.14. The molecular formula is C8H18NO2S+. The smallest absolute Gasteiger partial charge is 0.219 e. The van der Waals surface area contributed by atoms with E-state index in [0.717, 1.165) is 13.1 Å². The van der Waals surface area contributed by atoms with Crippen LogP contribution in [0, 0.1) is 0 Å². The molecule has 1 rings (SSSR count). The molecule has 0 saturated carbocycles. The number of nitrogens with zero attached hydrogens (tertiary/aromatic N) is 1. The first kappa shape index (κ1) is 10.2. The van der Waals surface area contributed by atoms with Gasteiger partial charge in [0, 0.05) is 19.1 Å². The Labute approximate surface area is 75.7 Å². The molecule has 0 bridgehead atoms. The van der Waals surface area contributed by atoms with Crippen LogP contribution in [0.15, 0.2) is 0 Å². The van der Waals surface area contributed by atoms with Crippen molar-refractivity contribution in [1.29, 1.82) is 0 Å². The van der Waals surface area contributed by atoms with Crippen LogP contribution in [0.2, 0.25) is 0 Å². The summed E-state index contributed by atoms with van der Waals surface area (Å²) in [5.74, 6) is 1.39. The molecule has 1 aliphatic rings. The van der Waals surface area contributed by atoms with E-state index in [1.54, 1.807) is 7.11 Å². The van der Waals surface area contributed by atoms with E-state index in [9.17, 15) is 4.21 Å². The molecule has 12 heavy (non-hydrogen) atoms. The van der Waals surface area contributed by atoms with Crippen LogP contribution in [0.3, 0.4) is 0 Å². The van der Waals surface area contributed by atoms with Crippen molar-refractivity contribution in [3.05, 3.63) is 0 Å². The molecule has 1 heterocycles. The molecule has 1 saturated heterocycles. The topological polar surface area (TPSA) is 29.5 Å². The molecule has 0 aliphatic carbocycles. The third-order valence-electron chi connectivity index (χ3n) is 2.41. The van der Waals surface area contributed by atoms with Gasteiger partial charge in [0.15, 0.2) is 11.5 Å². The normalized spacial score (nSPS) is 24.7. The molecule has 0 atom stereocenters. The van der Waals surface area contributed by atoms with Crippen molar-refractivity contribution in [1.82, 2.24) is 4.90 Å². The first-order valence-electron chi connectivity index (χ1n) is 4.36. The van der Waals surface area contributed by atoms with Crippen molar-refractivity contribution in [3.8, 4) is 0 Å². The monoisotopic (exact) mass is 192 g/mol. The van der Waals surface area contributed by atoms with Crippen LogP contribution in [0.1, 0.15) is 13.8 Å². The standard InChI is InChI=1S/C8H18NO2S/c1-8(2)9-4-6-12(10,11-3)7-5-9/h8H,4-7H2,1-3H3/q+1. The lowest BCUT2D eigenvalue weighted by atomic mass is 10.3. The van der Waals surface area contributed by atoms with Crippen LogP contribution in [0.5, 0.6) is 0 Å². The van der Waals surface area contributed by atoms with E-state index in [4.69, 9.17) is 4.18 Å². The summed E-state index contributed by atoms with van der Waals surface area (Å²) in [4.78, 5) is 2.34. The second-order valence-corrected chi connectivity index (χ2v) is 6.09. The average Bonchev–Trinajstić information content (AvgIpc) is 2.05. The maximum absolute atomic E-state index is 11.7. The summed E-state index contributed by atoms with van der Waals surface area (Å²) in [7, 11) is -0.387. The third kappa shape index (κ3) is 2.28. The lowest BCUT2D eigenvalue weighted by Crippen LogP contribution is -2.46. The lowest BCUT2D eigenvalue weighted by molar-refractivity contribution is 0.233. The van der Waals surface area contributed by atoms with Crippen LogP contribution in [-0.2, 0) is 18.6 Å². The van der Waals surface area contributed by atoms with Gasteiger partial charge in [-0.15, -0.1) is 0 Å². The molecule has 72 valence electrons. The Hall–Kier alpha value is 0.0700. The van der Waals surface area contributed by atoms with Crippen LogP contribution < -0.4 is 0 Å². The van der Waals surface area contributed by atoms with Crippen molar-refractivity contribution in [2.24, 2.45) is 0 Å². The molecule has 1 fully saturated rings. The van der Waals surface area contributed by atoms with Crippen LogP contribution in [0.25, 0.3) is 0 Å². The Bertz CT molecular complexity index is 181. The first-order chi connectivity index (χ1) is 5.57. The molecule has 0 aromatic carbocycles. The van der Waals surface area contributed by atoms with Crippen molar-refractivity contribution in [2.75, 3.05) is 31.7 Å². The van der Waals surface area contributed by atoms with E-state index < -0.39 is 10.2 Å². The summed E-state index contributed by atoms with van der Waals surface area (Å²) >= 11 is 0. The van der Waals surface area contributed by atoms with Crippen LogP contribution in [-0.4, -0.2) is 42.6 Å². The zero-order valence-electron chi connectivity index (χ0n) is 8.08. The molecule has 4 heteroatoms. The van der Waals surface area contributed by atoms with Gasteiger partial charge in [-0.1, -0.05) is 4.21 Å². The average molecular weight is 192 g/mol. The minimum atomic E-state index is -1.94. The fraction of sp³-hybridized carbons (Fsp3) is 1.00. The zero-order valence-corrected chi connectivity index (χ0v) is 8.89. The Morgan fingerprint density at radius 1 is 1.33 bits per heavy atom. The number of hydrogen-bond acceptors (Lipinski definition) is 3.